The molecule has 102 valence electrons. The van der Waals surface area contributed by atoms with Crippen molar-refractivity contribution < 1.29 is 8.42 Å². The van der Waals surface area contributed by atoms with Crippen molar-refractivity contribution in [3.63, 3.8) is 0 Å². The standard InChI is InChI=1S/C12H16N4O2S/c1-16-9-13-7-12(16)8-14-10-3-5-11(6-4-10)15-19(2,17)18/h3-7,9,14-15H,8H2,1-2H3. The molecular formula is C12H16N4O2S. The second-order valence-electron chi connectivity index (χ2n) is 4.30. The van der Waals surface area contributed by atoms with Crippen molar-refractivity contribution in [1.82, 2.24) is 9.55 Å². The molecule has 0 aliphatic rings. The zero-order valence-electron chi connectivity index (χ0n) is 10.8. The van der Waals surface area contributed by atoms with Crippen LogP contribution < -0.4 is 10.0 Å². The Labute approximate surface area is 112 Å². The number of sulfonamides is 1. The molecule has 1 heterocycles. The lowest BCUT2D eigenvalue weighted by atomic mass is 10.3. The van der Waals surface area contributed by atoms with Crippen LogP contribution in [0.3, 0.4) is 0 Å². The first-order chi connectivity index (χ1) is 8.94. The van der Waals surface area contributed by atoms with Gasteiger partial charge in [0.1, 0.15) is 0 Å². The van der Waals surface area contributed by atoms with Crippen molar-refractivity contribution in [3.05, 3.63) is 42.5 Å². The summed E-state index contributed by atoms with van der Waals surface area (Å²) >= 11 is 0. The van der Waals surface area contributed by atoms with Crippen LogP contribution in [0.5, 0.6) is 0 Å². The van der Waals surface area contributed by atoms with E-state index in [-0.39, 0.29) is 0 Å². The molecule has 2 N–H and O–H groups in total. The maximum atomic E-state index is 11.1. The molecule has 0 aliphatic carbocycles. The lowest BCUT2D eigenvalue weighted by Gasteiger charge is -2.08. The van der Waals surface area contributed by atoms with E-state index < -0.39 is 10.0 Å². The van der Waals surface area contributed by atoms with E-state index in [4.69, 9.17) is 0 Å². The first-order valence-corrected chi connectivity index (χ1v) is 7.60. The second-order valence-corrected chi connectivity index (χ2v) is 6.05. The number of aromatic nitrogens is 2. The third kappa shape index (κ3) is 3.99. The van der Waals surface area contributed by atoms with Crippen molar-refractivity contribution in [1.29, 1.82) is 0 Å². The molecule has 7 heteroatoms. The first kappa shape index (κ1) is 13.4. The molecule has 0 radical (unpaired) electrons. The van der Waals surface area contributed by atoms with Gasteiger partial charge in [-0.15, -0.1) is 0 Å². The zero-order chi connectivity index (χ0) is 13.9. The Balaban J connectivity index is 1.97. The Morgan fingerprint density at radius 3 is 2.37 bits per heavy atom. The van der Waals surface area contributed by atoms with E-state index in [1.165, 1.54) is 0 Å². The van der Waals surface area contributed by atoms with E-state index >= 15 is 0 Å². The first-order valence-electron chi connectivity index (χ1n) is 5.71. The van der Waals surface area contributed by atoms with Crippen LogP contribution in [0.15, 0.2) is 36.8 Å². The van der Waals surface area contributed by atoms with Gasteiger partial charge in [-0.25, -0.2) is 13.4 Å². The molecule has 0 saturated carbocycles. The van der Waals surface area contributed by atoms with Crippen molar-refractivity contribution in [2.45, 2.75) is 6.54 Å². The topological polar surface area (TPSA) is 76.0 Å². The molecule has 19 heavy (non-hydrogen) atoms. The van der Waals surface area contributed by atoms with E-state index in [1.807, 2.05) is 23.7 Å². The molecule has 1 aromatic heterocycles. The number of benzene rings is 1. The maximum Gasteiger partial charge on any atom is 0.229 e. The Hall–Kier alpha value is -2.02. The summed E-state index contributed by atoms with van der Waals surface area (Å²) in [6.45, 7) is 0.662. The zero-order valence-corrected chi connectivity index (χ0v) is 11.6. The van der Waals surface area contributed by atoms with Crippen LogP contribution >= 0.6 is 0 Å². The largest absolute Gasteiger partial charge is 0.379 e. The van der Waals surface area contributed by atoms with Gasteiger partial charge in [-0.05, 0) is 24.3 Å². The highest BCUT2D eigenvalue weighted by Gasteiger charge is 2.02. The van der Waals surface area contributed by atoms with Crippen LogP contribution in [-0.4, -0.2) is 24.2 Å². The number of hydrogen-bond acceptors (Lipinski definition) is 4. The van der Waals surface area contributed by atoms with Crippen LogP contribution in [0.4, 0.5) is 11.4 Å². The van der Waals surface area contributed by atoms with Gasteiger partial charge >= 0.3 is 0 Å². The molecule has 0 saturated heterocycles. The summed E-state index contributed by atoms with van der Waals surface area (Å²) in [5.41, 5.74) is 2.53. The number of nitrogens with one attached hydrogen (secondary N) is 2. The summed E-state index contributed by atoms with van der Waals surface area (Å²) in [5.74, 6) is 0. The summed E-state index contributed by atoms with van der Waals surface area (Å²) < 4.78 is 26.5. The fourth-order valence-corrected chi connectivity index (χ4v) is 2.18. The van der Waals surface area contributed by atoms with Gasteiger partial charge < -0.3 is 9.88 Å². The molecule has 0 bridgehead atoms. The predicted molar refractivity (Wildman–Crippen MR) is 75.4 cm³/mol. The molecule has 0 spiro atoms. The summed E-state index contributed by atoms with van der Waals surface area (Å²) in [4.78, 5) is 4.03. The number of anilines is 2. The van der Waals surface area contributed by atoms with Gasteiger partial charge in [0.2, 0.25) is 10.0 Å². The minimum Gasteiger partial charge on any atom is -0.379 e. The molecule has 2 rings (SSSR count). The fraction of sp³-hybridized carbons (Fsp3) is 0.250. The van der Waals surface area contributed by atoms with Crippen molar-refractivity contribution in [3.8, 4) is 0 Å². The number of hydrogen-bond donors (Lipinski definition) is 2. The number of aryl methyl sites for hydroxylation is 1. The molecule has 1 aromatic carbocycles. The van der Waals surface area contributed by atoms with E-state index in [2.05, 4.69) is 15.0 Å². The van der Waals surface area contributed by atoms with Gasteiger partial charge in [-0.2, -0.15) is 0 Å². The summed E-state index contributed by atoms with van der Waals surface area (Å²) in [6, 6.07) is 7.08. The van der Waals surface area contributed by atoms with E-state index in [0.29, 0.717) is 12.2 Å². The highest BCUT2D eigenvalue weighted by atomic mass is 32.2. The average molecular weight is 280 g/mol. The summed E-state index contributed by atoms with van der Waals surface area (Å²) in [6.07, 6.45) is 4.67. The maximum absolute atomic E-state index is 11.1. The number of imidazole rings is 1. The summed E-state index contributed by atoms with van der Waals surface area (Å²) in [5, 5.41) is 3.24. The minimum absolute atomic E-state index is 0.550. The van der Waals surface area contributed by atoms with Crippen molar-refractivity contribution in [2.75, 3.05) is 16.3 Å². The smallest absolute Gasteiger partial charge is 0.229 e. The number of nitrogens with zero attached hydrogens (tertiary/aromatic N) is 2. The van der Waals surface area contributed by atoms with Crippen LogP contribution in [0.25, 0.3) is 0 Å². The highest BCUT2D eigenvalue weighted by Crippen LogP contribution is 2.15. The Bertz CT molecular complexity index is 647. The highest BCUT2D eigenvalue weighted by molar-refractivity contribution is 7.92. The van der Waals surface area contributed by atoms with Crippen molar-refractivity contribution >= 4 is 21.4 Å². The Morgan fingerprint density at radius 2 is 1.84 bits per heavy atom. The predicted octanol–water partition coefficient (Wildman–Crippen LogP) is 1.40. The quantitative estimate of drug-likeness (QED) is 0.868. The van der Waals surface area contributed by atoms with Crippen LogP contribution in [0.2, 0.25) is 0 Å². The van der Waals surface area contributed by atoms with Gasteiger partial charge in [0.05, 0.1) is 24.8 Å². The van der Waals surface area contributed by atoms with Gasteiger partial charge in [-0.1, -0.05) is 0 Å². The van der Waals surface area contributed by atoms with Gasteiger partial charge in [0.15, 0.2) is 0 Å². The van der Waals surface area contributed by atoms with E-state index in [0.717, 1.165) is 17.6 Å². The fourth-order valence-electron chi connectivity index (χ4n) is 1.62. The summed E-state index contributed by atoms with van der Waals surface area (Å²) in [7, 11) is -1.29. The van der Waals surface area contributed by atoms with Crippen LogP contribution in [0, 0.1) is 0 Å². The Kier molecular flexibility index (Phi) is 3.75. The average Bonchev–Trinajstić information content (AvgIpc) is 2.72. The third-order valence-electron chi connectivity index (χ3n) is 2.58. The Morgan fingerprint density at radius 1 is 1.21 bits per heavy atom. The molecule has 0 fully saturated rings. The van der Waals surface area contributed by atoms with E-state index in [1.54, 1.807) is 24.7 Å². The lowest BCUT2D eigenvalue weighted by molar-refractivity contribution is 0.607. The molecule has 6 nitrogen and oxygen atoms in total. The second kappa shape index (κ2) is 5.31. The van der Waals surface area contributed by atoms with E-state index in [9.17, 15) is 8.42 Å². The molecule has 0 amide bonds. The third-order valence-corrected chi connectivity index (χ3v) is 3.18. The van der Waals surface area contributed by atoms with Crippen LogP contribution in [0.1, 0.15) is 5.69 Å². The van der Waals surface area contributed by atoms with Gasteiger partial charge in [0, 0.05) is 24.6 Å². The molecule has 2 aromatic rings. The van der Waals surface area contributed by atoms with Gasteiger partial charge in [0.25, 0.3) is 0 Å². The minimum atomic E-state index is -3.23. The lowest BCUT2D eigenvalue weighted by Crippen LogP contribution is -2.09. The SMILES string of the molecule is Cn1cncc1CNc1ccc(NS(C)(=O)=O)cc1. The normalized spacial score (nSPS) is 11.3. The van der Waals surface area contributed by atoms with Crippen molar-refractivity contribution in [2.24, 2.45) is 7.05 Å². The molecule has 0 aliphatic heterocycles. The molecular weight excluding hydrogens is 264 g/mol. The van der Waals surface area contributed by atoms with Gasteiger partial charge in [-0.3, -0.25) is 4.72 Å². The monoisotopic (exact) mass is 280 g/mol. The number of rotatable bonds is 5. The van der Waals surface area contributed by atoms with Crippen LogP contribution in [-0.2, 0) is 23.6 Å². The molecule has 0 atom stereocenters. The molecule has 0 unspecified atom stereocenters.